The highest BCUT2D eigenvalue weighted by atomic mass is 32.2. The first-order valence-corrected chi connectivity index (χ1v) is 6.78. The Morgan fingerprint density at radius 3 is 2.20 bits per heavy atom. The van der Waals surface area contributed by atoms with Crippen molar-refractivity contribution in [2.24, 2.45) is 10.9 Å². The second-order valence-corrected chi connectivity index (χ2v) is 5.20. The van der Waals surface area contributed by atoms with Crippen molar-refractivity contribution >= 4 is 27.6 Å². The number of nitrogens with two attached hydrogens (primary N) is 2. The predicted molar refractivity (Wildman–Crippen MR) is 70.7 cm³/mol. The van der Waals surface area contributed by atoms with E-state index in [2.05, 4.69) is 10.1 Å². The molecule has 108 valence electrons. The number of benzene rings is 1. The Labute approximate surface area is 115 Å². The van der Waals surface area contributed by atoms with E-state index < -0.39 is 21.9 Å². The molecule has 1 rings (SSSR count). The van der Waals surface area contributed by atoms with Gasteiger partial charge in [-0.15, -0.1) is 0 Å². The van der Waals surface area contributed by atoms with Crippen LogP contribution in [-0.4, -0.2) is 27.4 Å². The maximum absolute atomic E-state index is 11.1. The zero-order valence-corrected chi connectivity index (χ0v) is 11.3. The second kappa shape index (κ2) is 6.17. The first kappa shape index (κ1) is 15.7. The van der Waals surface area contributed by atoms with Gasteiger partial charge in [-0.2, -0.15) is 0 Å². The van der Waals surface area contributed by atoms with Gasteiger partial charge in [0.25, 0.3) is 5.91 Å². The Hall–Kier alpha value is -2.39. The molecule has 0 fully saturated rings. The molecule has 0 bridgehead atoms. The van der Waals surface area contributed by atoms with Gasteiger partial charge in [-0.05, 0) is 24.3 Å². The summed E-state index contributed by atoms with van der Waals surface area (Å²) in [5.41, 5.74) is 5.25. The normalized spacial score (nSPS) is 11.8. The summed E-state index contributed by atoms with van der Waals surface area (Å²) in [6.07, 6.45) is 0.885. The fourth-order valence-electron chi connectivity index (χ4n) is 1.23. The third-order valence-electron chi connectivity index (χ3n) is 2.19. The highest BCUT2D eigenvalue weighted by Crippen LogP contribution is 2.14. The van der Waals surface area contributed by atoms with E-state index in [-0.39, 0.29) is 10.6 Å². The zero-order chi connectivity index (χ0) is 15.3. The van der Waals surface area contributed by atoms with Crippen LogP contribution in [0.2, 0.25) is 0 Å². The highest BCUT2D eigenvalue weighted by Gasteiger charge is 2.10. The fourth-order valence-corrected chi connectivity index (χ4v) is 1.74. The van der Waals surface area contributed by atoms with Gasteiger partial charge in [0, 0.05) is 5.69 Å². The third-order valence-corrected chi connectivity index (χ3v) is 3.12. The SMILES string of the molecule is COC(=O)C=C(Nc1ccc(S(N)(=O)=O)cc1)C(N)=O. The largest absolute Gasteiger partial charge is 0.466 e. The molecule has 0 heterocycles. The summed E-state index contributed by atoms with van der Waals surface area (Å²) in [5.74, 6) is -1.63. The van der Waals surface area contributed by atoms with E-state index in [1.165, 1.54) is 24.3 Å². The van der Waals surface area contributed by atoms with Crippen molar-refractivity contribution in [3.05, 3.63) is 36.0 Å². The molecule has 0 saturated heterocycles. The number of rotatable bonds is 5. The molecule has 1 aromatic rings. The lowest BCUT2D eigenvalue weighted by Crippen LogP contribution is -2.21. The maximum atomic E-state index is 11.1. The minimum absolute atomic E-state index is 0.0828. The highest BCUT2D eigenvalue weighted by molar-refractivity contribution is 7.89. The van der Waals surface area contributed by atoms with E-state index in [1.807, 2.05) is 0 Å². The predicted octanol–water partition coefficient (Wildman–Crippen LogP) is -0.712. The van der Waals surface area contributed by atoms with Crippen molar-refractivity contribution in [1.82, 2.24) is 0 Å². The number of anilines is 1. The minimum Gasteiger partial charge on any atom is -0.466 e. The molecule has 0 aromatic heterocycles. The molecule has 1 amide bonds. The standard InChI is InChI=1S/C11H13N3O5S/c1-19-10(15)6-9(11(12)16)14-7-2-4-8(5-3-7)20(13,17)18/h2-6,14H,1H3,(H2,12,16)(H2,13,17,18). The Kier molecular flexibility index (Phi) is 4.83. The smallest absolute Gasteiger partial charge is 0.332 e. The van der Waals surface area contributed by atoms with E-state index in [0.717, 1.165) is 13.2 Å². The van der Waals surface area contributed by atoms with E-state index in [4.69, 9.17) is 10.9 Å². The number of primary sulfonamides is 1. The van der Waals surface area contributed by atoms with Gasteiger partial charge in [-0.3, -0.25) is 4.79 Å². The summed E-state index contributed by atoms with van der Waals surface area (Å²) >= 11 is 0. The molecule has 1 aromatic carbocycles. The molecule has 0 aliphatic carbocycles. The number of methoxy groups -OCH3 is 1. The molecule has 0 unspecified atom stereocenters. The number of primary amides is 1. The first-order valence-electron chi connectivity index (χ1n) is 5.23. The number of ether oxygens (including phenoxy) is 1. The molecule has 0 spiro atoms. The zero-order valence-electron chi connectivity index (χ0n) is 10.5. The van der Waals surface area contributed by atoms with Gasteiger partial charge in [-0.25, -0.2) is 18.4 Å². The number of esters is 1. The number of nitrogens with one attached hydrogen (secondary N) is 1. The quantitative estimate of drug-likeness (QED) is 0.484. The minimum atomic E-state index is -3.80. The van der Waals surface area contributed by atoms with Gasteiger partial charge in [0.2, 0.25) is 10.0 Å². The van der Waals surface area contributed by atoms with Crippen molar-refractivity contribution in [3.63, 3.8) is 0 Å². The molecular weight excluding hydrogens is 286 g/mol. The maximum Gasteiger partial charge on any atom is 0.332 e. The van der Waals surface area contributed by atoms with E-state index in [1.54, 1.807) is 0 Å². The van der Waals surface area contributed by atoms with Crippen LogP contribution in [0.3, 0.4) is 0 Å². The Balaban J connectivity index is 2.99. The molecule has 9 heteroatoms. The Morgan fingerprint density at radius 2 is 1.80 bits per heavy atom. The monoisotopic (exact) mass is 299 g/mol. The summed E-state index contributed by atoms with van der Waals surface area (Å²) in [7, 11) is -2.64. The average molecular weight is 299 g/mol. The van der Waals surface area contributed by atoms with E-state index >= 15 is 0 Å². The number of carbonyl (C=O) groups is 2. The van der Waals surface area contributed by atoms with Crippen LogP contribution in [-0.2, 0) is 24.3 Å². The molecule has 20 heavy (non-hydrogen) atoms. The Morgan fingerprint density at radius 1 is 1.25 bits per heavy atom. The summed E-state index contributed by atoms with van der Waals surface area (Å²) in [6, 6.07) is 5.23. The van der Waals surface area contributed by atoms with Crippen LogP contribution in [0.4, 0.5) is 5.69 Å². The van der Waals surface area contributed by atoms with Crippen LogP contribution in [0.25, 0.3) is 0 Å². The van der Waals surface area contributed by atoms with E-state index in [0.29, 0.717) is 5.69 Å². The van der Waals surface area contributed by atoms with Gasteiger partial charge in [0.1, 0.15) is 5.70 Å². The third kappa shape index (κ3) is 4.37. The van der Waals surface area contributed by atoms with Crippen molar-refractivity contribution in [2.45, 2.75) is 4.90 Å². The summed E-state index contributed by atoms with van der Waals surface area (Å²) in [5, 5.41) is 7.52. The lowest BCUT2D eigenvalue weighted by atomic mass is 10.3. The summed E-state index contributed by atoms with van der Waals surface area (Å²) in [6.45, 7) is 0. The van der Waals surface area contributed by atoms with Gasteiger partial charge in [0.15, 0.2) is 0 Å². The fraction of sp³-hybridized carbons (Fsp3) is 0.0909. The van der Waals surface area contributed by atoms with Crippen molar-refractivity contribution in [3.8, 4) is 0 Å². The van der Waals surface area contributed by atoms with Crippen molar-refractivity contribution in [2.75, 3.05) is 12.4 Å². The lowest BCUT2D eigenvalue weighted by Gasteiger charge is -2.08. The van der Waals surface area contributed by atoms with Crippen LogP contribution in [0.5, 0.6) is 0 Å². The van der Waals surface area contributed by atoms with Crippen LogP contribution < -0.4 is 16.2 Å². The number of carbonyl (C=O) groups excluding carboxylic acids is 2. The summed E-state index contributed by atoms with van der Waals surface area (Å²) in [4.78, 5) is 22.1. The van der Waals surface area contributed by atoms with Crippen molar-refractivity contribution < 1.29 is 22.7 Å². The topological polar surface area (TPSA) is 142 Å². The summed E-state index contributed by atoms with van der Waals surface area (Å²) < 4.78 is 26.5. The van der Waals surface area contributed by atoms with Crippen LogP contribution in [0.1, 0.15) is 0 Å². The Bertz CT molecular complexity index is 649. The van der Waals surface area contributed by atoms with Crippen LogP contribution in [0.15, 0.2) is 40.9 Å². The molecule has 0 aliphatic rings. The lowest BCUT2D eigenvalue weighted by molar-refractivity contribution is -0.135. The molecule has 0 atom stereocenters. The number of sulfonamides is 1. The van der Waals surface area contributed by atoms with E-state index in [9.17, 15) is 18.0 Å². The first-order chi connectivity index (χ1) is 9.24. The number of hydrogen-bond acceptors (Lipinski definition) is 6. The van der Waals surface area contributed by atoms with Crippen LogP contribution in [0, 0.1) is 0 Å². The van der Waals surface area contributed by atoms with Gasteiger partial charge < -0.3 is 15.8 Å². The molecule has 5 N–H and O–H groups in total. The molecule has 0 aliphatic heterocycles. The number of amides is 1. The molecule has 0 saturated carbocycles. The van der Waals surface area contributed by atoms with Gasteiger partial charge in [0.05, 0.1) is 18.1 Å². The van der Waals surface area contributed by atoms with Gasteiger partial charge in [-0.1, -0.05) is 0 Å². The number of hydrogen-bond donors (Lipinski definition) is 3. The molecule has 0 radical (unpaired) electrons. The van der Waals surface area contributed by atoms with Crippen molar-refractivity contribution in [1.29, 1.82) is 0 Å². The second-order valence-electron chi connectivity index (χ2n) is 3.64. The molecular formula is C11H13N3O5S. The molecule has 8 nitrogen and oxygen atoms in total. The van der Waals surface area contributed by atoms with Gasteiger partial charge >= 0.3 is 5.97 Å². The average Bonchev–Trinajstić information content (AvgIpc) is 2.37. The van der Waals surface area contributed by atoms with Crippen LogP contribution >= 0.6 is 0 Å².